The van der Waals surface area contributed by atoms with Crippen LogP contribution >= 0.6 is 24.0 Å². The van der Waals surface area contributed by atoms with Gasteiger partial charge in [-0.05, 0) is 18.2 Å². The maximum Gasteiger partial charge on any atom is 0.0261 e. The summed E-state index contributed by atoms with van der Waals surface area (Å²) < 4.78 is 0. The minimum Gasteiger partial charge on any atom is -0.129 e. The van der Waals surface area contributed by atoms with Gasteiger partial charge in [-0.3, -0.25) is 0 Å². The minimum atomic E-state index is 0.447. The molecular weight excluding hydrogens is 196 g/mol. The Morgan fingerprint density at radius 1 is 1.31 bits per heavy atom. The van der Waals surface area contributed by atoms with Gasteiger partial charge in [-0.25, -0.2) is 0 Å². The van der Waals surface area contributed by atoms with Crippen molar-refractivity contribution in [2.24, 2.45) is 5.92 Å². The molecule has 0 aromatic heterocycles. The van der Waals surface area contributed by atoms with Gasteiger partial charge in [-0.1, -0.05) is 44.3 Å². The summed E-state index contributed by atoms with van der Waals surface area (Å²) >= 11 is 7.14. The average Bonchev–Trinajstić information content (AvgIpc) is 2.16. The summed E-state index contributed by atoms with van der Waals surface area (Å²) in [6.07, 6.45) is 2.09. The highest BCUT2D eigenvalue weighted by molar-refractivity contribution is 7.98. The van der Waals surface area contributed by atoms with E-state index < -0.39 is 0 Å². The van der Waals surface area contributed by atoms with Crippen molar-refractivity contribution in [3.63, 3.8) is 0 Å². The molecule has 70 valence electrons. The molecule has 1 aromatic carbocycles. The summed E-state index contributed by atoms with van der Waals surface area (Å²) in [4.78, 5) is 2.34. The Morgan fingerprint density at radius 2 is 1.92 bits per heavy atom. The lowest BCUT2D eigenvalue weighted by molar-refractivity contribution is 0.899. The van der Waals surface area contributed by atoms with Crippen LogP contribution in [0.15, 0.2) is 29.2 Å². The molecule has 2 heteroatoms. The zero-order valence-corrected chi connectivity index (χ0v) is 9.84. The van der Waals surface area contributed by atoms with E-state index in [9.17, 15) is 0 Å². The van der Waals surface area contributed by atoms with Gasteiger partial charge in [-0.15, -0.1) is 11.8 Å². The van der Waals surface area contributed by atoms with E-state index in [4.69, 9.17) is 12.2 Å². The first-order chi connectivity index (χ1) is 6.16. The Morgan fingerprint density at radius 3 is 2.46 bits per heavy atom. The molecule has 0 nitrogen and oxygen atoms in total. The first-order valence-electron chi connectivity index (χ1n) is 4.34. The van der Waals surface area contributed by atoms with Crippen molar-refractivity contribution >= 4 is 28.8 Å². The second kappa shape index (κ2) is 4.77. The molecule has 0 bridgehead atoms. The summed E-state index contributed by atoms with van der Waals surface area (Å²) in [5, 5.41) is 0. The van der Waals surface area contributed by atoms with Crippen LogP contribution in [0.2, 0.25) is 0 Å². The molecule has 0 atom stereocenters. The van der Waals surface area contributed by atoms with E-state index in [0.717, 1.165) is 4.86 Å². The van der Waals surface area contributed by atoms with Crippen LogP contribution in [-0.4, -0.2) is 11.1 Å². The van der Waals surface area contributed by atoms with Crippen molar-refractivity contribution in [1.82, 2.24) is 0 Å². The molecule has 0 spiro atoms. The standard InChI is InChI=1S/C11H14S2/c1-8(2)11(12)9-6-4-5-7-10(9)13-3/h4-8H,1-3H3. The molecule has 0 heterocycles. The van der Waals surface area contributed by atoms with Crippen molar-refractivity contribution in [2.45, 2.75) is 18.7 Å². The molecule has 0 saturated heterocycles. The lowest BCUT2D eigenvalue weighted by Crippen LogP contribution is -2.06. The molecule has 0 saturated carbocycles. The van der Waals surface area contributed by atoms with Gasteiger partial charge >= 0.3 is 0 Å². The lowest BCUT2D eigenvalue weighted by atomic mass is 10.0. The molecular formula is C11H14S2. The quantitative estimate of drug-likeness (QED) is 0.423. The van der Waals surface area contributed by atoms with Gasteiger partial charge in [0, 0.05) is 15.3 Å². The fourth-order valence-electron chi connectivity index (χ4n) is 1.16. The van der Waals surface area contributed by atoms with Gasteiger partial charge < -0.3 is 0 Å². The number of hydrogen-bond acceptors (Lipinski definition) is 2. The van der Waals surface area contributed by atoms with Gasteiger partial charge in [-0.2, -0.15) is 0 Å². The third-order valence-electron chi connectivity index (χ3n) is 1.90. The van der Waals surface area contributed by atoms with Gasteiger partial charge in [0.25, 0.3) is 0 Å². The van der Waals surface area contributed by atoms with Crippen LogP contribution in [0.4, 0.5) is 0 Å². The highest BCUT2D eigenvalue weighted by Crippen LogP contribution is 2.22. The minimum absolute atomic E-state index is 0.447. The average molecular weight is 210 g/mol. The molecule has 0 aliphatic carbocycles. The fourth-order valence-corrected chi connectivity index (χ4v) is 2.01. The zero-order chi connectivity index (χ0) is 9.84. The van der Waals surface area contributed by atoms with E-state index in [0.29, 0.717) is 5.92 Å². The SMILES string of the molecule is CSc1ccccc1C(=S)C(C)C. The molecule has 0 aliphatic heterocycles. The number of thiocarbonyl (C=S) groups is 1. The first-order valence-corrected chi connectivity index (χ1v) is 5.97. The highest BCUT2D eigenvalue weighted by atomic mass is 32.2. The summed E-state index contributed by atoms with van der Waals surface area (Å²) in [5.74, 6) is 0.447. The maximum atomic E-state index is 5.38. The predicted octanol–water partition coefficient (Wildman–Crippen LogP) is 3.78. The largest absolute Gasteiger partial charge is 0.129 e. The number of thioether (sulfide) groups is 1. The predicted molar refractivity (Wildman–Crippen MR) is 64.8 cm³/mol. The van der Waals surface area contributed by atoms with E-state index in [1.165, 1.54) is 10.5 Å². The molecule has 0 unspecified atom stereocenters. The first kappa shape index (κ1) is 10.7. The van der Waals surface area contributed by atoms with Gasteiger partial charge in [0.05, 0.1) is 0 Å². The van der Waals surface area contributed by atoms with E-state index in [-0.39, 0.29) is 0 Å². The van der Waals surface area contributed by atoms with Crippen molar-refractivity contribution in [3.8, 4) is 0 Å². The molecule has 0 radical (unpaired) electrons. The molecule has 1 aromatic rings. The van der Waals surface area contributed by atoms with E-state index in [2.05, 4.69) is 38.3 Å². The highest BCUT2D eigenvalue weighted by Gasteiger charge is 2.09. The molecule has 1 rings (SSSR count). The third kappa shape index (κ3) is 2.55. The van der Waals surface area contributed by atoms with Crippen molar-refractivity contribution in [1.29, 1.82) is 0 Å². The van der Waals surface area contributed by atoms with Crippen LogP contribution in [0.25, 0.3) is 0 Å². The second-order valence-electron chi connectivity index (χ2n) is 3.22. The zero-order valence-electron chi connectivity index (χ0n) is 8.20. The Bertz CT molecular complexity index is 303. The van der Waals surface area contributed by atoms with Gasteiger partial charge in [0.1, 0.15) is 0 Å². The van der Waals surface area contributed by atoms with Crippen LogP contribution in [0.5, 0.6) is 0 Å². The maximum absolute atomic E-state index is 5.38. The Balaban J connectivity index is 3.06. The Hall–Kier alpha value is -0.340. The monoisotopic (exact) mass is 210 g/mol. The number of benzene rings is 1. The topological polar surface area (TPSA) is 0 Å². The van der Waals surface area contributed by atoms with Crippen LogP contribution in [0.1, 0.15) is 19.4 Å². The number of rotatable bonds is 3. The van der Waals surface area contributed by atoms with Crippen molar-refractivity contribution in [3.05, 3.63) is 29.8 Å². The Kier molecular flexibility index (Phi) is 3.94. The van der Waals surface area contributed by atoms with Crippen LogP contribution < -0.4 is 0 Å². The fraction of sp³-hybridized carbons (Fsp3) is 0.364. The molecule has 0 amide bonds. The second-order valence-corrected chi connectivity index (χ2v) is 4.51. The Labute approximate surface area is 89.7 Å². The molecule has 0 fully saturated rings. The van der Waals surface area contributed by atoms with Crippen LogP contribution in [0.3, 0.4) is 0 Å². The summed E-state index contributed by atoms with van der Waals surface area (Å²) in [6.45, 7) is 4.28. The number of hydrogen-bond donors (Lipinski definition) is 0. The smallest absolute Gasteiger partial charge is 0.0261 e. The van der Waals surface area contributed by atoms with E-state index in [1.807, 2.05) is 6.07 Å². The third-order valence-corrected chi connectivity index (χ3v) is 3.38. The van der Waals surface area contributed by atoms with E-state index >= 15 is 0 Å². The molecule has 0 N–H and O–H groups in total. The van der Waals surface area contributed by atoms with Crippen molar-refractivity contribution < 1.29 is 0 Å². The van der Waals surface area contributed by atoms with Crippen LogP contribution in [0, 0.1) is 5.92 Å². The van der Waals surface area contributed by atoms with Gasteiger partial charge in [0.2, 0.25) is 0 Å². The summed E-state index contributed by atoms with van der Waals surface area (Å²) in [6, 6.07) is 8.32. The van der Waals surface area contributed by atoms with E-state index in [1.54, 1.807) is 11.8 Å². The molecule has 0 aliphatic rings. The summed E-state index contributed by atoms with van der Waals surface area (Å²) in [5.41, 5.74) is 1.22. The normalized spacial score (nSPS) is 10.5. The lowest BCUT2D eigenvalue weighted by Gasteiger charge is -2.10. The van der Waals surface area contributed by atoms with Crippen LogP contribution in [-0.2, 0) is 0 Å². The van der Waals surface area contributed by atoms with Crippen molar-refractivity contribution in [2.75, 3.05) is 6.26 Å². The molecule has 13 heavy (non-hydrogen) atoms. The van der Waals surface area contributed by atoms with Gasteiger partial charge in [0.15, 0.2) is 0 Å². The summed E-state index contributed by atoms with van der Waals surface area (Å²) in [7, 11) is 0.